The highest BCUT2D eigenvalue weighted by molar-refractivity contribution is 5.90. The van der Waals surface area contributed by atoms with Gasteiger partial charge in [-0.05, 0) is 50.4 Å². The summed E-state index contributed by atoms with van der Waals surface area (Å²) >= 11 is 0. The molecule has 3 heterocycles. The van der Waals surface area contributed by atoms with Crippen LogP contribution in [0.1, 0.15) is 25.7 Å². The fourth-order valence-corrected chi connectivity index (χ4v) is 3.21. The number of rotatable bonds is 5. The maximum absolute atomic E-state index is 12.1. The molecule has 1 aromatic heterocycles. The first kappa shape index (κ1) is 16.7. The van der Waals surface area contributed by atoms with E-state index in [2.05, 4.69) is 20.9 Å². The zero-order valence-corrected chi connectivity index (χ0v) is 13.9. The Balaban J connectivity index is 1.46. The van der Waals surface area contributed by atoms with Gasteiger partial charge in [-0.2, -0.15) is 0 Å². The average molecular weight is 331 g/mol. The normalized spacial score (nSPS) is 19.0. The number of amides is 2. The minimum Gasteiger partial charge on any atom is -0.353 e. The number of anilines is 2. The zero-order chi connectivity index (χ0) is 16.8. The Morgan fingerprint density at radius 3 is 2.83 bits per heavy atom. The van der Waals surface area contributed by atoms with Crippen molar-refractivity contribution < 1.29 is 9.59 Å². The van der Waals surface area contributed by atoms with E-state index >= 15 is 0 Å². The van der Waals surface area contributed by atoms with Crippen LogP contribution < -0.4 is 20.9 Å². The van der Waals surface area contributed by atoms with Crippen LogP contribution in [-0.4, -0.2) is 49.5 Å². The van der Waals surface area contributed by atoms with E-state index < -0.39 is 0 Å². The van der Waals surface area contributed by atoms with E-state index in [-0.39, 0.29) is 11.8 Å². The predicted octanol–water partition coefficient (Wildman–Crippen LogP) is 0.736. The van der Waals surface area contributed by atoms with Gasteiger partial charge in [-0.15, -0.1) is 0 Å². The highest BCUT2D eigenvalue weighted by Gasteiger charge is 2.17. The van der Waals surface area contributed by atoms with Crippen LogP contribution in [0.2, 0.25) is 0 Å². The van der Waals surface area contributed by atoms with Gasteiger partial charge in [-0.3, -0.25) is 9.59 Å². The lowest BCUT2D eigenvalue weighted by Gasteiger charge is -2.27. The summed E-state index contributed by atoms with van der Waals surface area (Å²) < 4.78 is 0. The molecule has 130 valence electrons. The van der Waals surface area contributed by atoms with Crippen molar-refractivity contribution in [3.8, 4) is 0 Å². The Kier molecular flexibility index (Phi) is 5.63. The monoisotopic (exact) mass is 331 g/mol. The van der Waals surface area contributed by atoms with Crippen LogP contribution in [-0.2, 0) is 9.59 Å². The maximum atomic E-state index is 12.1. The van der Waals surface area contributed by atoms with Gasteiger partial charge in [0.15, 0.2) is 0 Å². The zero-order valence-electron chi connectivity index (χ0n) is 13.9. The Morgan fingerprint density at radius 1 is 1.29 bits per heavy atom. The summed E-state index contributed by atoms with van der Waals surface area (Å²) in [6, 6.07) is 3.69. The summed E-state index contributed by atoms with van der Waals surface area (Å²) in [5, 5.41) is 9.04. The van der Waals surface area contributed by atoms with E-state index in [1.807, 2.05) is 17.0 Å². The summed E-state index contributed by atoms with van der Waals surface area (Å²) in [7, 11) is 0. The van der Waals surface area contributed by atoms with Crippen molar-refractivity contribution in [2.45, 2.75) is 25.7 Å². The van der Waals surface area contributed by atoms with Crippen LogP contribution in [0.25, 0.3) is 0 Å². The van der Waals surface area contributed by atoms with E-state index in [0.29, 0.717) is 31.1 Å². The van der Waals surface area contributed by atoms with Gasteiger partial charge in [0.05, 0.1) is 18.4 Å². The van der Waals surface area contributed by atoms with Crippen molar-refractivity contribution in [3.05, 3.63) is 18.3 Å². The molecule has 24 heavy (non-hydrogen) atoms. The van der Waals surface area contributed by atoms with Gasteiger partial charge in [-0.25, -0.2) is 4.98 Å². The van der Waals surface area contributed by atoms with Crippen LogP contribution >= 0.6 is 0 Å². The fraction of sp³-hybridized carbons (Fsp3) is 0.588. The Labute approximate surface area is 142 Å². The van der Waals surface area contributed by atoms with E-state index in [0.717, 1.165) is 44.7 Å². The molecule has 2 aliphatic rings. The second-order valence-electron chi connectivity index (χ2n) is 6.46. The van der Waals surface area contributed by atoms with E-state index in [1.165, 1.54) is 0 Å². The molecule has 2 fully saturated rings. The predicted molar refractivity (Wildman–Crippen MR) is 92.9 cm³/mol. The van der Waals surface area contributed by atoms with Gasteiger partial charge in [0.25, 0.3) is 0 Å². The molecule has 0 aliphatic carbocycles. The molecular formula is C17H25N5O2. The quantitative estimate of drug-likeness (QED) is 0.741. The van der Waals surface area contributed by atoms with E-state index in [1.54, 1.807) is 6.20 Å². The summed E-state index contributed by atoms with van der Waals surface area (Å²) in [6.45, 7) is 3.84. The molecule has 3 rings (SSSR count). The van der Waals surface area contributed by atoms with Crippen LogP contribution in [0.3, 0.4) is 0 Å². The smallest absolute Gasteiger partial charge is 0.239 e. The number of hydrogen-bond acceptors (Lipinski definition) is 5. The van der Waals surface area contributed by atoms with Crippen molar-refractivity contribution in [1.29, 1.82) is 0 Å². The number of hydrogen-bond donors (Lipinski definition) is 3. The molecule has 7 nitrogen and oxygen atoms in total. The molecule has 0 saturated carbocycles. The average Bonchev–Trinajstić information content (AvgIpc) is 2.61. The molecule has 0 aromatic carbocycles. The van der Waals surface area contributed by atoms with Crippen LogP contribution in [0.15, 0.2) is 18.3 Å². The first-order valence-electron chi connectivity index (χ1n) is 8.69. The van der Waals surface area contributed by atoms with Gasteiger partial charge in [0.1, 0.15) is 5.82 Å². The third-order valence-corrected chi connectivity index (χ3v) is 4.63. The number of piperazine rings is 1. The molecular weight excluding hydrogens is 306 g/mol. The molecule has 0 atom stereocenters. The molecule has 2 amide bonds. The van der Waals surface area contributed by atoms with Gasteiger partial charge in [0.2, 0.25) is 11.8 Å². The Hall–Kier alpha value is -2.15. The lowest BCUT2D eigenvalue weighted by molar-refractivity contribution is -0.120. The topological polar surface area (TPSA) is 86.4 Å². The first-order valence-corrected chi connectivity index (χ1v) is 8.69. The molecule has 1 aromatic rings. The molecule has 0 radical (unpaired) electrons. The second kappa shape index (κ2) is 8.10. The van der Waals surface area contributed by atoms with Crippen molar-refractivity contribution >= 4 is 23.3 Å². The van der Waals surface area contributed by atoms with Gasteiger partial charge >= 0.3 is 0 Å². The van der Waals surface area contributed by atoms with Crippen LogP contribution in [0.5, 0.6) is 0 Å². The SMILES string of the molecule is O=C1CN(c2ccc(NC(=O)CCC3CCNCC3)cn2)CCN1. The highest BCUT2D eigenvalue weighted by atomic mass is 16.2. The minimum atomic E-state index is 0.0124. The highest BCUT2D eigenvalue weighted by Crippen LogP contribution is 2.19. The number of nitrogens with one attached hydrogen (secondary N) is 3. The van der Waals surface area contributed by atoms with Gasteiger partial charge in [-0.1, -0.05) is 0 Å². The molecule has 3 N–H and O–H groups in total. The third-order valence-electron chi connectivity index (χ3n) is 4.63. The summed E-state index contributed by atoms with van der Waals surface area (Å²) in [4.78, 5) is 29.8. The molecule has 0 spiro atoms. The molecule has 7 heteroatoms. The number of carbonyl (C=O) groups is 2. The summed E-state index contributed by atoms with van der Waals surface area (Å²) in [6.07, 6.45) is 5.48. The maximum Gasteiger partial charge on any atom is 0.239 e. The first-order chi connectivity index (χ1) is 11.7. The van der Waals surface area contributed by atoms with Crippen molar-refractivity contribution in [3.63, 3.8) is 0 Å². The van der Waals surface area contributed by atoms with Crippen LogP contribution in [0, 0.1) is 5.92 Å². The lowest BCUT2D eigenvalue weighted by atomic mass is 9.93. The minimum absolute atomic E-state index is 0.0124. The Bertz CT molecular complexity index is 569. The molecule has 2 aliphatic heterocycles. The summed E-state index contributed by atoms with van der Waals surface area (Å²) in [5.74, 6) is 1.47. The number of aromatic nitrogens is 1. The van der Waals surface area contributed by atoms with Gasteiger partial charge < -0.3 is 20.9 Å². The van der Waals surface area contributed by atoms with Crippen LogP contribution in [0.4, 0.5) is 11.5 Å². The van der Waals surface area contributed by atoms with E-state index in [9.17, 15) is 9.59 Å². The van der Waals surface area contributed by atoms with Crippen molar-refractivity contribution in [2.24, 2.45) is 5.92 Å². The van der Waals surface area contributed by atoms with Gasteiger partial charge in [0, 0.05) is 19.5 Å². The number of nitrogens with zero attached hydrogens (tertiary/aromatic N) is 2. The lowest BCUT2D eigenvalue weighted by Crippen LogP contribution is -2.48. The fourth-order valence-electron chi connectivity index (χ4n) is 3.21. The number of carbonyl (C=O) groups excluding carboxylic acids is 2. The molecule has 2 saturated heterocycles. The van der Waals surface area contributed by atoms with Crippen molar-refractivity contribution in [2.75, 3.05) is 42.9 Å². The largest absolute Gasteiger partial charge is 0.353 e. The number of pyridine rings is 1. The summed E-state index contributed by atoms with van der Waals surface area (Å²) in [5.41, 5.74) is 0.704. The Morgan fingerprint density at radius 2 is 2.12 bits per heavy atom. The molecule has 0 unspecified atom stereocenters. The van der Waals surface area contributed by atoms with E-state index in [4.69, 9.17) is 0 Å². The third kappa shape index (κ3) is 4.67. The molecule has 0 bridgehead atoms. The second-order valence-corrected chi connectivity index (χ2v) is 6.46. The standard InChI is InChI=1S/C17H25N5O2/c23-16(4-1-13-5-7-18-8-6-13)21-14-2-3-15(20-11-14)22-10-9-19-17(24)12-22/h2-3,11,13,18H,1,4-10,12H2,(H,19,24)(H,21,23). The van der Waals surface area contributed by atoms with Crippen molar-refractivity contribution in [1.82, 2.24) is 15.6 Å². The number of piperidine rings is 1.